The van der Waals surface area contributed by atoms with Gasteiger partial charge in [0.15, 0.2) is 6.67 Å². The Bertz CT molecular complexity index is 105. The van der Waals surface area contributed by atoms with Gasteiger partial charge in [-0.1, -0.05) is 0 Å². The summed E-state index contributed by atoms with van der Waals surface area (Å²) in [7, 11) is 1.49. The summed E-state index contributed by atoms with van der Waals surface area (Å²) in [6.07, 6.45) is -0.171. The lowest BCUT2D eigenvalue weighted by molar-refractivity contribution is -0.147. The lowest BCUT2D eigenvalue weighted by Gasteiger charge is -2.08. The van der Waals surface area contributed by atoms with Gasteiger partial charge in [-0.25, -0.2) is 9.18 Å². The molecule has 0 N–H and O–H groups in total. The van der Waals surface area contributed by atoms with E-state index in [-0.39, 0.29) is 12.7 Å². The van der Waals surface area contributed by atoms with Crippen LogP contribution in [0.4, 0.5) is 4.39 Å². The molecule has 0 rings (SSSR count). The summed E-state index contributed by atoms with van der Waals surface area (Å²) in [5.74, 6) is -0.844. The van der Waals surface area contributed by atoms with E-state index >= 15 is 0 Å². The molecule has 0 fully saturated rings. The van der Waals surface area contributed by atoms with Crippen LogP contribution in [0.25, 0.3) is 0 Å². The van der Waals surface area contributed by atoms with Crippen molar-refractivity contribution in [2.75, 3.05) is 20.4 Å². The standard InChI is InChI=1S/C6H11FO3/c1-5(9-2)4-10-6(8)3-7/h5H,3-4H2,1-2H3. The van der Waals surface area contributed by atoms with Crippen molar-refractivity contribution in [2.24, 2.45) is 0 Å². The van der Waals surface area contributed by atoms with Crippen LogP contribution in [-0.4, -0.2) is 32.5 Å². The average molecular weight is 150 g/mol. The molecule has 0 aromatic rings. The minimum absolute atomic E-state index is 0.110. The van der Waals surface area contributed by atoms with E-state index < -0.39 is 12.6 Å². The number of hydrogen-bond acceptors (Lipinski definition) is 3. The molecule has 0 radical (unpaired) electrons. The van der Waals surface area contributed by atoms with E-state index in [1.54, 1.807) is 6.92 Å². The minimum Gasteiger partial charge on any atom is -0.461 e. The molecule has 0 heterocycles. The number of methoxy groups -OCH3 is 1. The van der Waals surface area contributed by atoms with Crippen molar-refractivity contribution in [3.63, 3.8) is 0 Å². The van der Waals surface area contributed by atoms with Crippen molar-refractivity contribution >= 4 is 5.97 Å². The predicted octanol–water partition coefficient (Wildman–Crippen LogP) is 0.534. The Balaban J connectivity index is 3.26. The Morgan fingerprint density at radius 1 is 1.70 bits per heavy atom. The van der Waals surface area contributed by atoms with Crippen molar-refractivity contribution in [3.8, 4) is 0 Å². The molecule has 0 aliphatic heterocycles. The smallest absolute Gasteiger partial charge is 0.337 e. The van der Waals surface area contributed by atoms with Crippen molar-refractivity contribution in [1.82, 2.24) is 0 Å². The second kappa shape index (κ2) is 5.17. The first-order valence-corrected chi connectivity index (χ1v) is 2.95. The van der Waals surface area contributed by atoms with E-state index in [0.29, 0.717) is 0 Å². The fraction of sp³-hybridized carbons (Fsp3) is 0.833. The maximum Gasteiger partial charge on any atom is 0.337 e. The molecule has 60 valence electrons. The number of ether oxygens (including phenoxy) is 2. The highest BCUT2D eigenvalue weighted by Crippen LogP contribution is 1.89. The summed E-state index contributed by atoms with van der Waals surface area (Å²) < 4.78 is 20.6. The van der Waals surface area contributed by atoms with Crippen LogP contribution in [0.1, 0.15) is 6.92 Å². The first-order valence-electron chi connectivity index (χ1n) is 2.95. The summed E-state index contributed by atoms with van der Waals surface area (Å²) in [5.41, 5.74) is 0. The monoisotopic (exact) mass is 150 g/mol. The number of esters is 1. The Kier molecular flexibility index (Phi) is 4.84. The van der Waals surface area contributed by atoms with Crippen LogP contribution in [0.2, 0.25) is 0 Å². The quantitative estimate of drug-likeness (QED) is 0.548. The van der Waals surface area contributed by atoms with Crippen LogP contribution in [0.3, 0.4) is 0 Å². The first kappa shape index (κ1) is 9.36. The molecule has 0 spiro atoms. The molecular formula is C6H11FO3. The molecule has 0 aliphatic carbocycles. The molecule has 4 heteroatoms. The second-order valence-electron chi connectivity index (χ2n) is 1.86. The van der Waals surface area contributed by atoms with Crippen LogP contribution in [-0.2, 0) is 14.3 Å². The highest BCUT2D eigenvalue weighted by Gasteiger charge is 2.04. The van der Waals surface area contributed by atoms with Gasteiger partial charge < -0.3 is 9.47 Å². The van der Waals surface area contributed by atoms with E-state index in [1.807, 2.05) is 0 Å². The average Bonchev–Trinajstić information content (AvgIpc) is 1.99. The van der Waals surface area contributed by atoms with E-state index in [9.17, 15) is 9.18 Å². The van der Waals surface area contributed by atoms with E-state index in [4.69, 9.17) is 4.74 Å². The summed E-state index contributed by atoms with van der Waals surface area (Å²) in [5, 5.41) is 0. The van der Waals surface area contributed by atoms with Crippen LogP contribution in [0.15, 0.2) is 0 Å². The van der Waals surface area contributed by atoms with E-state index in [1.165, 1.54) is 7.11 Å². The lowest BCUT2D eigenvalue weighted by atomic mass is 10.4. The third kappa shape index (κ3) is 4.26. The molecule has 0 aliphatic rings. The van der Waals surface area contributed by atoms with Crippen LogP contribution in [0.5, 0.6) is 0 Å². The van der Waals surface area contributed by atoms with E-state index in [2.05, 4.69) is 4.74 Å². The molecule has 0 bridgehead atoms. The number of alkyl halides is 1. The van der Waals surface area contributed by atoms with Gasteiger partial charge in [-0.15, -0.1) is 0 Å². The predicted molar refractivity (Wildman–Crippen MR) is 33.4 cm³/mol. The molecule has 0 saturated carbocycles. The first-order chi connectivity index (χ1) is 4.70. The molecule has 10 heavy (non-hydrogen) atoms. The molecule has 0 amide bonds. The van der Waals surface area contributed by atoms with Crippen molar-refractivity contribution in [2.45, 2.75) is 13.0 Å². The highest BCUT2D eigenvalue weighted by atomic mass is 19.1. The molecule has 1 unspecified atom stereocenters. The van der Waals surface area contributed by atoms with Crippen LogP contribution >= 0.6 is 0 Å². The summed E-state index contributed by atoms with van der Waals surface area (Å²) in [6.45, 7) is 0.765. The largest absolute Gasteiger partial charge is 0.461 e. The number of carbonyl (C=O) groups is 1. The third-order valence-electron chi connectivity index (χ3n) is 0.991. The topological polar surface area (TPSA) is 35.5 Å². The molecule has 0 aromatic carbocycles. The zero-order chi connectivity index (χ0) is 7.98. The van der Waals surface area contributed by atoms with Gasteiger partial charge in [0, 0.05) is 7.11 Å². The fourth-order valence-electron chi connectivity index (χ4n) is 0.317. The molecule has 0 saturated heterocycles. The maximum absolute atomic E-state index is 11.4. The number of carbonyl (C=O) groups excluding carboxylic acids is 1. The van der Waals surface area contributed by atoms with Gasteiger partial charge in [0.05, 0.1) is 6.10 Å². The van der Waals surface area contributed by atoms with Gasteiger partial charge in [-0.2, -0.15) is 0 Å². The second-order valence-corrected chi connectivity index (χ2v) is 1.86. The zero-order valence-electron chi connectivity index (χ0n) is 6.09. The van der Waals surface area contributed by atoms with Crippen molar-refractivity contribution in [1.29, 1.82) is 0 Å². The van der Waals surface area contributed by atoms with Gasteiger partial charge >= 0.3 is 5.97 Å². The molecular weight excluding hydrogens is 139 g/mol. The summed E-state index contributed by atoms with van der Waals surface area (Å²) >= 11 is 0. The molecule has 1 atom stereocenters. The number of halogens is 1. The van der Waals surface area contributed by atoms with E-state index in [0.717, 1.165) is 0 Å². The number of hydrogen-bond donors (Lipinski definition) is 0. The third-order valence-corrected chi connectivity index (χ3v) is 0.991. The van der Waals surface area contributed by atoms with Gasteiger partial charge in [0.2, 0.25) is 0 Å². The van der Waals surface area contributed by atoms with Gasteiger partial charge in [-0.05, 0) is 6.92 Å². The Morgan fingerprint density at radius 3 is 2.70 bits per heavy atom. The lowest BCUT2D eigenvalue weighted by Crippen LogP contribution is -2.18. The number of rotatable bonds is 4. The van der Waals surface area contributed by atoms with Crippen LogP contribution < -0.4 is 0 Å². The molecule has 0 aromatic heterocycles. The summed E-state index contributed by atoms with van der Waals surface area (Å²) in [6, 6.07) is 0. The highest BCUT2D eigenvalue weighted by molar-refractivity contribution is 5.70. The summed E-state index contributed by atoms with van der Waals surface area (Å²) in [4.78, 5) is 10.2. The minimum atomic E-state index is -1.07. The van der Waals surface area contributed by atoms with Gasteiger partial charge in [0.25, 0.3) is 0 Å². The Labute approximate surface area is 59.1 Å². The normalized spacial score (nSPS) is 12.7. The van der Waals surface area contributed by atoms with Crippen molar-refractivity contribution in [3.05, 3.63) is 0 Å². The Hall–Kier alpha value is -0.640. The van der Waals surface area contributed by atoms with Gasteiger partial charge in [-0.3, -0.25) is 0 Å². The molecule has 3 nitrogen and oxygen atoms in total. The van der Waals surface area contributed by atoms with Crippen molar-refractivity contribution < 1.29 is 18.7 Å². The van der Waals surface area contributed by atoms with Crippen LogP contribution in [0, 0.1) is 0 Å². The maximum atomic E-state index is 11.4. The SMILES string of the molecule is COC(C)COC(=O)CF. The Morgan fingerprint density at radius 2 is 2.30 bits per heavy atom. The fourth-order valence-corrected chi connectivity index (χ4v) is 0.317. The van der Waals surface area contributed by atoms with Gasteiger partial charge in [0.1, 0.15) is 6.61 Å². The zero-order valence-corrected chi connectivity index (χ0v) is 6.09.